The lowest BCUT2D eigenvalue weighted by Gasteiger charge is -2.28. The molecule has 174 valence electrons. The van der Waals surface area contributed by atoms with E-state index in [9.17, 15) is 9.59 Å². The first-order valence-electron chi connectivity index (χ1n) is 10.4. The summed E-state index contributed by atoms with van der Waals surface area (Å²) >= 11 is 6.30. The van der Waals surface area contributed by atoms with Crippen LogP contribution in [0.25, 0.3) is 0 Å². The number of rotatable bonds is 7. The number of fused-ring (bicyclic) bond motifs is 1. The maximum Gasteiger partial charge on any atom is 0.303 e. The lowest BCUT2D eigenvalue weighted by atomic mass is 9.87. The second-order valence-electron chi connectivity index (χ2n) is 8.03. The van der Waals surface area contributed by atoms with Gasteiger partial charge in [0.1, 0.15) is 5.75 Å². The van der Waals surface area contributed by atoms with Gasteiger partial charge in [-0.15, -0.1) is 12.4 Å². The van der Waals surface area contributed by atoms with Crippen LogP contribution in [-0.2, 0) is 20.7 Å². The molecule has 6 nitrogen and oxygen atoms in total. The van der Waals surface area contributed by atoms with E-state index in [1.54, 1.807) is 18.1 Å². The highest BCUT2D eigenvalue weighted by Gasteiger charge is 2.40. The number of carbonyl (C=O) groups is 2. The van der Waals surface area contributed by atoms with Crippen molar-refractivity contribution < 1.29 is 19.1 Å². The maximum absolute atomic E-state index is 13.7. The average Bonchev–Trinajstić information content (AvgIpc) is 2.83. The largest absolute Gasteiger partial charge is 0.497 e. The fourth-order valence-electron chi connectivity index (χ4n) is 4.00. The van der Waals surface area contributed by atoms with E-state index >= 15 is 0 Å². The lowest BCUT2D eigenvalue weighted by Crippen LogP contribution is -2.44. The van der Waals surface area contributed by atoms with Crippen LogP contribution in [0, 0.1) is 0 Å². The molecule has 1 aliphatic rings. The molecule has 8 heteroatoms. The van der Waals surface area contributed by atoms with E-state index in [0.717, 1.165) is 35.5 Å². The van der Waals surface area contributed by atoms with Crippen LogP contribution in [0.4, 0.5) is 5.69 Å². The Morgan fingerprint density at radius 1 is 1.19 bits per heavy atom. The Labute approximate surface area is 200 Å². The van der Waals surface area contributed by atoms with Gasteiger partial charge in [0.05, 0.1) is 7.11 Å². The highest BCUT2D eigenvalue weighted by Crippen LogP contribution is 2.38. The summed E-state index contributed by atoms with van der Waals surface area (Å²) in [6, 6.07) is 13.1. The molecule has 0 spiro atoms. The normalized spacial score (nSPS) is 17.9. The van der Waals surface area contributed by atoms with Gasteiger partial charge in [-0.1, -0.05) is 23.7 Å². The number of methoxy groups -OCH3 is 1. The first-order chi connectivity index (χ1) is 14.8. The van der Waals surface area contributed by atoms with E-state index in [2.05, 4.69) is 4.90 Å². The fraction of sp³-hybridized carbons (Fsp3) is 0.417. The van der Waals surface area contributed by atoms with Gasteiger partial charge >= 0.3 is 5.97 Å². The third-order valence-corrected chi connectivity index (χ3v) is 5.71. The number of esters is 1. The third-order valence-electron chi connectivity index (χ3n) is 5.47. The van der Waals surface area contributed by atoms with Crippen molar-refractivity contribution >= 4 is 41.6 Å². The van der Waals surface area contributed by atoms with Gasteiger partial charge in [0, 0.05) is 30.1 Å². The SMILES string of the molecule is COc1ccc([C@H]2Cc3cc(Cl)ccc3N(CCCN(C)C)C(=O)[C@H]2OC(C)=O)cc1.Cl. The maximum atomic E-state index is 13.7. The first-order valence-corrected chi connectivity index (χ1v) is 10.7. The Balaban J connectivity index is 0.00000363. The molecule has 0 unspecified atom stereocenters. The zero-order valence-corrected chi connectivity index (χ0v) is 20.4. The molecule has 0 aromatic heterocycles. The zero-order valence-electron chi connectivity index (χ0n) is 18.8. The number of hydrogen-bond acceptors (Lipinski definition) is 5. The summed E-state index contributed by atoms with van der Waals surface area (Å²) in [6.45, 7) is 2.70. The molecule has 0 saturated heterocycles. The van der Waals surface area contributed by atoms with E-state index in [4.69, 9.17) is 21.1 Å². The molecule has 0 aliphatic carbocycles. The van der Waals surface area contributed by atoms with Gasteiger partial charge in [-0.2, -0.15) is 0 Å². The molecule has 2 aromatic rings. The third kappa shape index (κ3) is 6.15. The van der Waals surface area contributed by atoms with Crippen molar-refractivity contribution in [1.82, 2.24) is 4.90 Å². The summed E-state index contributed by atoms with van der Waals surface area (Å²) in [5.41, 5.74) is 2.68. The van der Waals surface area contributed by atoms with E-state index in [1.807, 2.05) is 50.5 Å². The Morgan fingerprint density at radius 2 is 1.88 bits per heavy atom. The van der Waals surface area contributed by atoms with Gasteiger partial charge in [0.25, 0.3) is 5.91 Å². The molecule has 1 heterocycles. The smallest absolute Gasteiger partial charge is 0.303 e. The molecule has 1 aliphatic heterocycles. The molecule has 0 bridgehead atoms. The Hall–Kier alpha value is -2.28. The second-order valence-corrected chi connectivity index (χ2v) is 8.47. The van der Waals surface area contributed by atoms with Crippen LogP contribution < -0.4 is 9.64 Å². The van der Waals surface area contributed by atoms with Crippen LogP contribution in [-0.4, -0.2) is 57.2 Å². The highest BCUT2D eigenvalue weighted by molar-refractivity contribution is 6.30. The standard InChI is InChI=1S/C24H29ClN2O4.ClH/c1-16(28)31-23-21(17-6-9-20(30-4)10-7-17)15-18-14-19(25)8-11-22(18)27(24(23)29)13-5-12-26(2)3;/h6-11,14,21,23H,5,12-13,15H2,1-4H3;1H/t21-,23+;/m1./s1. The van der Waals surface area contributed by atoms with Crippen LogP contribution in [0.1, 0.15) is 30.4 Å². The van der Waals surface area contributed by atoms with Gasteiger partial charge in [0.2, 0.25) is 0 Å². The van der Waals surface area contributed by atoms with Crippen LogP contribution in [0.3, 0.4) is 0 Å². The van der Waals surface area contributed by atoms with Gasteiger partial charge in [-0.25, -0.2) is 0 Å². The minimum Gasteiger partial charge on any atom is -0.497 e. The molecule has 2 atom stereocenters. The van der Waals surface area contributed by atoms with Gasteiger partial charge in [0.15, 0.2) is 6.10 Å². The lowest BCUT2D eigenvalue weighted by molar-refractivity contribution is -0.154. The highest BCUT2D eigenvalue weighted by atomic mass is 35.5. The monoisotopic (exact) mass is 480 g/mol. The number of amides is 1. The summed E-state index contributed by atoms with van der Waals surface area (Å²) in [6.07, 6.45) is 0.396. The zero-order chi connectivity index (χ0) is 22.5. The average molecular weight is 481 g/mol. The number of anilines is 1. The van der Waals surface area contributed by atoms with Gasteiger partial charge in [-0.3, -0.25) is 9.59 Å². The minimum absolute atomic E-state index is 0. The van der Waals surface area contributed by atoms with Crippen LogP contribution in [0.2, 0.25) is 5.02 Å². The summed E-state index contributed by atoms with van der Waals surface area (Å²) < 4.78 is 10.9. The van der Waals surface area contributed by atoms with Crippen LogP contribution in [0.5, 0.6) is 5.75 Å². The molecule has 1 amide bonds. The molecule has 0 fully saturated rings. The fourth-order valence-corrected chi connectivity index (χ4v) is 4.19. The molecule has 0 radical (unpaired) electrons. The van der Waals surface area contributed by atoms with E-state index < -0.39 is 12.1 Å². The topological polar surface area (TPSA) is 59.1 Å². The number of halogens is 2. The molecular formula is C24H30Cl2N2O4. The summed E-state index contributed by atoms with van der Waals surface area (Å²) in [5.74, 6) is -0.301. The Kier molecular flexibility index (Phi) is 9.37. The van der Waals surface area contributed by atoms with Gasteiger partial charge < -0.3 is 19.3 Å². The predicted molar refractivity (Wildman–Crippen MR) is 129 cm³/mol. The molecule has 2 aromatic carbocycles. The number of ether oxygens (including phenoxy) is 2. The molecule has 0 N–H and O–H groups in total. The number of hydrogen-bond donors (Lipinski definition) is 0. The molecular weight excluding hydrogens is 451 g/mol. The van der Waals surface area contributed by atoms with Crippen molar-refractivity contribution in [1.29, 1.82) is 0 Å². The molecule has 0 saturated carbocycles. The molecule has 32 heavy (non-hydrogen) atoms. The Bertz CT molecular complexity index is 934. The van der Waals surface area contributed by atoms with E-state index in [-0.39, 0.29) is 24.2 Å². The van der Waals surface area contributed by atoms with Crippen molar-refractivity contribution in [3.63, 3.8) is 0 Å². The van der Waals surface area contributed by atoms with Crippen molar-refractivity contribution in [3.05, 3.63) is 58.6 Å². The second kappa shape index (κ2) is 11.5. The molecule has 3 rings (SSSR count). The van der Waals surface area contributed by atoms with Crippen molar-refractivity contribution in [2.75, 3.05) is 39.2 Å². The minimum atomic E-state index is -0.920. The summed E-state index contributed by atoms with van der Waals surface area (Å²) in [4.78, 5) is 29.5. The summed E-state index contributed by atoms with van der Waals surface area (Å²) in [5, 5.41) is 0.610. The van der Waals surface area contributed by atoms with Crippen molar-refractivity contribution in [2.45, 2.75) is 31.8 Å². The number of carbonyl (C=O) groups excluding carboxylic acids is 2. The summed E-state index contributed by atoms with van der Waals surface area (Å²) in [7, 11) is 5.61. The van der Waals surface area contributed by atoms with E-state index in [1.165, 1.54) is 6.92 Å². The first kappa shape index (κ1) is 26.0. The van der Waals surface area contributed by atoms with Crippen molar-refractivity contribution in [3.8, 4) is 5.75 Å². The number of benzene rings is 2. The van der Waals surface area contributed by atoms with Crippen LogP contribution >= 0.6 is 24.0 Å². The van der Waals surface area contributed by atoms with E-state index in [0.29, 0.717) is 18.0 Å². The van der Waals surface area contributed by atoms with Crippen LogP contribution in [0.15, 0.2) is 42.5 Å². The Morgan fingerprint density at radius 3 is 2.47 bits per heavy atom. The quantitative estimate of drug-likeness (QED) is 0.552. The predicted octanol–water partition coefficient (Wildman–Crippen LogP) is 4.33. The van der Waals surface area contributed by atoms with Crippen molar-refractivity contribution in [2.24, 2.45) is 0 Å². The number of nitrogens with zero attached hydrogens (tertiary/aromatic N) is 2. The van der Waals surface area contributed by atoms with Gasteiger partial charge in [-0.05, 0) is 74.9 Å².